The highest BCUT2D eigenvalue weighted by Gasteiger charge is 2.10. The van der Waals surface area contributed by atoms with Crippen LogP contribution in [0.5, 0.6) is 5.75 Å². The summed E-state index contributed by atoms with van der Waals surface area (Å²) in [7, 11) is 0. The Hall–Kier alpha value is -1.90. The Morgan fingerprint density at radius 1 is 0.893 bits per heavy atom. The minimum absolute atomic E-state index is 0.544. The zero-order chi connectivity index (χ0) is 20.0. The average molecular weight is 383 g/mol. The number of benzene rings is 1. The summed E-state index contributed by atoms with van der Waals surface area (Å²) in [6, 6.07) is 10.2. The summed E-state index contributed by atoms with van der Waals surface area (Å²) in [6.07, 6.45) is 14.7. The van der Waals surface area contributed by atoms with Gasteiger partial charge in [0.15, 0.2) is 5.82 Å². The minimum Gasteiger partial charge on any atom is -0.493 e. The van der Waals surface area contributed by atoms with Crippen LogP contribution in [0.3, 0.4) is 0 Å². The molecule has 0 spiro atoms. The molecule has 0 fully saturated rings. The number of nitrogens with zero attached hydrogens (tertiary/aromatic N) is 2. The first kappa shape index (κ1) is 22.4. The molecule has 1 unspecified atom stereocenters. The Bertz CT molecular complexity index is 671. The number of aromatic nitrogens is 2. The fourth-order valence-corrected chi connectivity index (χ4v) is 3.23. The van der Waals surface area contributed by atoms with Crippen LogP contribution in [-0.2, 0) is 6.42 Å². The molecule has 3 nitrogen and oxygen atoms in total. The first-order valence-electron chi connectivity index (χ1n) is 11.3. The van der Waals surface area contributed by atoms with E-state index >= 15 is 0 Å². The number of hydrogen-bond acceptors (Lipinski definition) is 3. The van der Waals surface area contributed by atoms with Gasteiger partial charge in [-0.15, -0.1) is 0 Å². The number of para-hydroxylation sites is 1. The SMILES string of the molecule is CCCCCCCCCCc1ccnc(-c2ccccc2OCC(C)CC)n1. The lowest BCUT2D eigenvalue weighted by Gasteiger charge is -2.14. The number of unbranched alkanes of at least 4 members (excludes halogenated alkanes) is 7. The van der Waals surface area contributed by atoms with E-state index in [1.165, 1.54) is 51.4 Å². The summed E-state index contributed by atoms with van der Waals surface area (Å²) in [5.74, 6) is 2.20. The van der Waals surface area contributed by atoms with Gasteiger partial charge in [0.25, 0.3) is 0 Å². The third-order valence-corrected chi connectivity index (χ3v) is 5.35. The number of rotatable bonds is 14. The van der Waals surface area contributed by atoms with Crippen LogP contribution < -0.4 is 4.74 Å². The molecule has 0 saturated heterocycles. The highest BCUT2D eigenvalue weighted by Crippen LogP contribution is 2.28. The van der Waals surface area contributed by atoms with E-state index in [4.69, 9.17) is 9.72 Å². The molecule has 154 valence electrons. The van der Waals surface area contributed by atoms with Crippen LogP contribution in [0.1, 0.15) is 84.3 Å². The molecule has 1 heterocycles. The third kappa shape index (κ3) is 8.00. The van der Waals surface area contributed by atoms with Crippen LogP contribution in [0.15, 0.2) is 36.5 Å². The van der Waals surface area contributed by atoms with Crippen molar-refractivity contribution in [1.29, 1.82) is 0 Å². The van der Waals surface area contributed by atoms with E-state index in [9.17, 15) is 0 Å². The van der Waals surface area contributed by atoms with Gasteiger partial charge in [-0.25, -0.2) is 9.97 Å². The summed E-state index contributed by atoms with van der Waals surface area (Å²) < 4.78 is 6.06. The van der Waals surface area contributed by atoms with Gasteiger partial charge in [0.1, 0.15) is 5.75 Å². The lowest BCUT2D eigenvalue weighted by molar-refractivity contribution is 0.257. The summed E-state index contributed by atoms with van der Waals surface area (Å²) in [5.41, 5.74) is 2.12. The highest BCUT2D eigenvalue weighted by molar-refractivity contribution is 5.63. The van der Waals surface area contributed by atoms with E-state index in [0.717, 1.165) is 42.3 Å². The van der Waals surface area contributed by atoms with E-state index in [1.807, 2.05) is 30.5 Å². The number of aryl methyl sites for hydroxylation is 1. The first-order chi connectivity index (χ1) is 13.7. The molecule has 1 aromatic heterocycles. The van der Waals surface area contributed by atoms with Crippen LogP contribution in [0.25, 0.3) is 11.4 Å². The number of hydrogen-bond donors (Lipinski definition) is 0. The van der Waals surface area contributed by atoms with Crippen molar-refractivity contribution in [3.05, 3.63) is 42.2 Å². The summed E-state index contributed by atoms with van der Waals surface area (Å²) in [6.45, 7) is 7.40. The molecule has 1 atom stereocenters. The summed E-state index contributed by atoms with van der Waals surface area (Å²) >= 11 is 0. The molecule has 2 aromatic rings. The van der Waals surface area contributed by atoms with E-state index in [1.54, 1.807) is 0 Å². The smallest absolute Gasteiger partial charge is 0.163 e. The van der Waals surface area contributed by atoms with E-state index < -0.39 is 0 Å². The van der Waals surface area contributed by atoms with E-state index in [0.29, 0.717) is 5.92 Å². The van der Waals surface area contributed by atoms with Crippen molar-refractivity contribution in [3.8, 4) is 17.1 Å². The molecule has 0 aliphatic carbocycles. The molecule has 0 radical (unpaired) electrons. The largest absolute Gasteiger partial charge is 0.493 e. The molecule has 1 aromatic carbocycles. The summed E-state index contributed by atoms with van der Waals surface area (Å²) in [4.78, 5) is 9.33. The Morgan fingerprint density at radius 3 is 2.36 bits per heavy atom. The molecule has 0 saturated carbocycles. The maximum absolute atomic E-state index is 6.06. The maximum Gasteiger partial charge on any atom is 0.163 e. The predicted octanol–water partition coefficient (Wildman–Crippen LogP) is 7.25. The minimum atomic E-state index is 0.544. The van der Waals surface area contributed by atoms with Gasteiger partial charge < -0.3 is 4.74 Å². The highest BCUT2D eigenvalue weighted by atomic mass is 16.5. The van der Waals surface area contributed by atoms with Crippen LogP contribution in [-0.4, -0.2) is 16.6 Å². The second-order valence-electron chi connectivity index (χ2n) is 7.92. The van der Waals surface area contributed by atoms with Gasteiger partial charge in [-0.2, -0.15) is 0 Å². The van der Waals surface area contributed by atoms with Crippen molar-refractivity contribution in [2.24, 2.45) is 5.92 Å². The van der Waals surface area contributed by atoms with Crippen molar-refractivity contribution in [1.82, 2.24) is 9.97 Å². The van der Waals surface area contributed by atoms with Gasteiger partial charge in [0, 0.05) is 11.9 Å². The monoisotopic (exact) mass is 382 g/mol. The topological polar surface area (TPSA) is 35.0 Å². The summed E-state index contributed by atoms with van der Waals surface area (Å²) in [5, 5.41) is 0. The quantitative estimate of drug-likeness (QED) is 0.323. The molecule has 0 N–H and O–H groups in total. The molecular weight excluding hydrogens is 344 g/mol. The molecule has 28 heavy (non-hydrogen) atoms. The van der Waals surface area contributed by atoms with Crippen molar-refractivity contribution in [2.75, 3.05) is 6.61 Å². The molecule has 0 aliphatic rings. The van der Waals surface area contributed by atoms with Gasteiger partial charge in [0.2, 0.25) is 0 Å². The molecular formula is C25H38N2O. The lowest BCUT2D eigenvalue weighted by atomic mass is 10.1. The molecule has 3 heteroatoms. The lowest BCUT2D eigenvalue weighted by Crippen LogP contribution is -2.08. The standard InChI is InChI=1S/C25H38N2O/c1-4-6-7-8-9-10-11-12-15-22-18-19-26-25(27-22)23-16-13-14-17-24(23)28-20-21(3)5-2/h13-14,16-19,21H,4-12,15,20H2,1-3H3. The Kier molecular flexibility index (Phi) is 10.6. The van der Waals surface area contributed by atoms with Crippen LogP contribution in [0.2, 0.25) is 0 Å². The Balaban J connectivity index is 1.87. The first-order valence-corrected chi connectivity index (χ1v) is 11.3. The zero-order valence-corrected chi connectivity index (χ0v) is 18.1. The Labute approximate surface area is 172 Å². The fourth-order valence-electron chi connectivity index (χ4n) is 3.23. The van der Waals surface area contributed by atoms with E-state index in [2.05, 4.69) is 31.8 Å². The van der Waals surface area contributed by atoms with Gasteiger partial charge in [-0.3, -0.25) is 0 Å². The second kappa shape index (κ2) is 13.3. The second-order valence-corrected chi connectivity index (χ2v) is 7.92. The molecule has 0 aliphatic heterocycles. The van der Waals surface area contributed by atoms with E-state index in [-0.39, 0.29) is 0 Å². The van der Waals surface area contributed by atoms with Crippen molar-refractivity contribution in [3.63, 3.8) is 0 Å². The zero-order valence-electron chi connectivity index (χ0n) is 18.1. The normalized spacial score (nSPS) is 12.1. The molecule has 0 bridgehead atoms. The van der Waals surface area contributed by atoms with Crippen LogP contribution >= 0.6 is 0 Å². The van der Waals surface area contributed by atoms with Crippen LogP contribution in [0.4, 0.5) is 0 Å². The van der Waals surface area contributed by atoms with Crippen molar-refractivity contribution in [2.45, 2.75) is 85.0 Å². The predicted molar refractivity (Wildman–Crippen MR) is 119 cm³/mol. The number of ether oxygens (including phenoxy) is 1. The Morgan fingerprint density at radius 2 is 1.61 bits per heavy atom. The third-order valence-electron chi connectivity index (χ3n) is 5.35. The van der Waals surface area contributed by atoms with Gasteiger partial charge in [-0.05, 0) is 37.0 Å². The average Bonchev–Trinajstić information content (AvgIpc) is 2.74. The molecule has 2 rings (SSSR count). The maximum atomic E-state index is 6.06. The van der Waals surface area contributed by atoms with Crippen LogP contribution in [0, 0.1) is 5.92 Å². The molecule has 0 amide bonds. The van der Waals surface area contributed by atoms with Gasteiger partial charge in [0.05, 0.1) is 12.2 Å². The van der Waals surface area contributed by atoms with Gasteiger partial charge in [-0.1, -0.05) is 84.3 Å². The van der Waals surface area contributed by atoms with Gasteiger partial charge >= 0.3 is 0 Å². The van der Waals surface area contributed by atoms with Crippen molar-refractivity contribution < 1.29 is 4.74 Å². The van der Waals surface area contributed by atoms with Crippen molar-refractivity contribution >= 4 is 0 Å². The fraction of sp³-hybridized carbons (Fsp3) is 0.600.